The third-order valence-corrected chi connectivity index (χ3v) is 6.38. The number of carbonyl (C=O) groups excluding carboxylic acids is 1. The van der Waals surface area contributed by atoms with E-state index in [4.69, 9.17) is 11.6 Å². The Labute approximate surface area is 195 Å². The van der Waals surface area contributed by atoms with Crippen LogP contribution in [-0.4, -0.2) is 58.7 Å². The molecule has 1 aromatic heterocycles. The Morgan fingerprint density at radius 3 is 2.33 bits per heavy atom. The Balaban J connectivity index is 1.64. The lowest BCUT2D eigenvalue weighted by Gasteiger charge is -2.35. The summed E-state index contributed by atoms with van der Waals surface area (Å²) in [7, 11) is 3.86. The highest BCUT2D eigenvalue weighted by molar-refractivity contribution is 6.32. The Hall–Kier alpha value is -2.84. The lowest BCUT2D eigenvalue weighted by molar-refractivity contribution is -0.141. The maximum absolute atomic E-state index is 13.4. The predicted octanol–water partition coefficient (Wildman–Crippen LogP) is 5.38. The molecule has 33 heavy (non-hydrogen) atoms. The van der Waals surface area contributed by atoms with E-state index in [-0.39, 0.29) is 22.7 Å². The fourth-order valence-corrected chi connectivity index (χ4v) is 4.28. The summed E-state index contributed by atoms with van der Waals surface area (Å²) in [6, 6.07) is 14.3. The van der Waals surface area contributed by atoms with Crippen molar-refractivity contribution in [2.75, 3.05) is 27.2 Å². The van der Waals surface area contributed by atoms with Crippen molar-refractivity contribution in [3.63, 3.8) is 0 Å². The van der Waals surface area contributed by atoms with Crippen LogP contribution in [0.2, 0.25) is 5.02 Å². The molecule has 4 rings (SSSR count). The SMILES string of the molecule is CN1CCC(N(C)C(=O)c2ccc(-c3cc(C(F)(F)F)nn3-c3ccccc3Cl)cc2)CC1. The van der Waals surface area contributed by atoms with E-state index in [0.29, 0.717) is 16.8 Å². The number of rotatable bonds is 4. The molecule has 3 aromatic rings. The van der Waals surface area contributed by atoms with E-state index in [9.17, 15) is 18.0 Å². The normalized spacial score (nSPS) is 15.6. The molecule has 174 valence electrons. The third-order valence-electron chi connectivity index (χ3n) is 6.06. The second-order valence-electron chi connectivity index (χ2n) is 8.30. The molecule has 1 fully saturated rings. The number of piperidine rings is 1. The molecule has 1 saturated heterocycles. The van der Waals surface area contributed by atoms with Gasteiger partial charge in [-0.1, -0.05) is 35.9 Å². The Kier molecular flexibility index (Phi) is 6.50. The van der Waals surface area contributed by atoms with Gasteiger partial charge in [0, 0.05) is 24.2 Å². The van der Waals surface area contributed by atoms with Crippen LogP contribution >= 0.6 is 11.6 Å². The zero-order valence-corrected chi connectivity index (χ0v) is 19.1. The van der Waals surface area contributed by atoms with Crippen molar-refractivity contribution >= 4 is 17.5 Å². The van der Waals surface area contributed by atoms with Gasteiger partial charge in [0.05, 0.1) is 16.4 Å². The molecule has 1 amide bonds. The first kappa shape index (κ1) is 23.3. The lowest BCUT2D eigenvalue weighted by atomic mass is 10.0. The summed E-state index contributed by atoms with van der Waals surface area (Å²) in [5.74, 6) is -0.105. The third kappa shape index (κ3) is 4.91. The highest BCUT2D eigenvalue weighted by Gasteiger charge is 2.35. The standard InChI is InChI=1S/C24H24ClF3N4O/c1-30-13-11-18(12-14-30)31(2)23(33)17-9-7-16(8-10-17)21-15-22(24(26,27)28)29-32(21)20-6-4-3-5-19(20)25/h3-10,15,18H,11-14H2,1-2H3. The van der Waals surface area contributed by atoms with E-state index >= 15 is 0 Å². The zero-order valence-electron chi connectivity index (χ0n) is 18.3. The molecule has 5 nitrogen and oxygen atoms in total. The first-order chi connectivity index (χ1) is 15.6. The number of likely N-dealkylation sites (tertiary alicyclic amines) is 1. The maximum Gasteiger partial charge on any atom is 0.435 e. The second kappa shape index (κ2) is 9.19. The molecule has 9 heteroatoms. The highest BCUT2D eigenvalue weighted by Crippen LogP contribution is 2.34. The molecule has 1 aliphatic heterocycles. The molecular formula is C24H24ClF3N4O. The van der Waals surface area contributed by atoms with Crippen LogP contribution in [0, 0.1) is 0 Å². The summed E-state index contributed by atoms with van der Waals surface area (Å²) < 4.78 is 41.4. The van der Waals surface area contributed by atoms with Gasteiger partial charge in [0.2, 0.25) is 0 Å². The van der Waals surface area contributed by atoms with Gasteiger partial charge in [0.25, 0.3) is 5.91 Å². The van der Waals surface area contributed by atoms with Crippen LogP contribution in [0.1, 0.15) is 28.9 Å². The van der Waals surface area contributed by atoms with Crippen molar-refractivity contribution in [1.29, 1.82) is 0 Å². The van der Waals surface area contributed by atoms with Crippen molar-refractivity contribution in [3.8, 4) is 16.9 Å². The molecular weight excluding hydrogens is 453 g/mol. The first-order valence-corrected chi connectivity index (χ1v) is 11.0. The number of hydrogen-bond donors (Lipinski definition) is 0. The van der Waals surface area contributed by atoms with Gasteiger partial charge in [-0.25, -0.2) is 4.68 Å². The molecule has 0 spiro atoms. The van der Waals surface area contributed by atoms with Crippen LogP contribution in [0.25, 0.3) is 16.9 Å². The molecule has 0 atom stereocenters. The molecule has 2 aromatic carbocycles. The van der Waals surface area contributed by atoms with Crippen LogP contribution in [0.3, 0.4) is 0 Å². The Morgan fingerprint density at radius 2 is 1.73 bits per heavy atom. The summed E-state index contributed by atoms with van der Waals surface area (Å²) in [6.07, 6.45) is -2.78. The Morgan fingerprint density at radius 1 is 1.09 bits per heavy atom. The van der Waals surface area contributed by atoms with Gasteiger partial charge in [-0.05, 0) is 63.3 Å². The van der Waals surface area contributed by atoms with E-state index in [2.05, 4.69) is 17.0 Å². The van der Waals surface area contributed by atoms with Crippen LogP contribution in [0.5, 0.6) is 0 Å². The van der Waals surface area contributed by atoms with Gasteiger partial charge in [-0.2, -0.15) is 18.3 Å². The van der Waals surface area contributed by atoms with Gasteiger partial charge in [-0.15, -0.1) is 0 Å². The fraction of sp³-hybridized carbons (Fsp3) is 0.333. The average molecular weight is 477 g/mol. The lowest BCUT2D eigenvalue weighted by Crippen LogP contribution is -2.44. The number of halogens is 4. The number of alkyl halides is 3. The minimum absolute atomic E-state index is 0.105. The van der Waals surface area contributed by atoms with Crippen LogP contribution in [0.15, 0.2) is 54.6 Å². The van der Waals surface area contributed by atoms with Gasteiger partial charge in [-0.3, -0.25) is 4.79 Å². The maximum atomic E-state index is 13.4. The molecule has 0 aliphatic carbocycles. The number of carbonyl (C=O) groups is 1. The molecule has 0 unspecified atom stereocenters. The quantitative estimate of drug-likeness (QED) is 0.508. The number of aromatic nitrogens is 2. The fourth-order valence-electron chi connectivity index (χ4n) is 4.07. The largest absolute Gasteiger partial charge is 0.435 e. The molecule has 0 radical (unpaired) electrons. The molecule has 0 saturated carbocycles. The molecule has 0 bridgehead atoms. The Bertz CT molecular complexity index is 1140. The minimum atomic E-state index is -4.60. The van der Waals surface area contributed by atoms with Gasteiger partial charge in [0.1, 0.15) is 0 Å². The monoisotopic (exact) mass is 476 g/mol. The second-order valence-corrected chi connectivity index (χ2v) is 8.71. The summed E-state index contributed by atoms with van der Waals surface area (Å²) in [5, 5.41) is 4.05. The first-order valence-electron chi connectivity index (χ1n) is 10.6. The van der Waals surface area contributed by atoms with Crippen LogP contribution in [-0.2, 0) is 6.18 Å². The van der Waals surface area contributed by atoms with E-state index in [1.165, 1.54) is 4.68 Å². The van der Waals surface area contributed by atoms with E-state index in [1.807, 2.05) is 0 Å². The number of nitrogens with zero attached hydrogens (tertiary/aromatic N) is 4. The summed E-state index contributed by atoms with van der Waals surface area (Å²) in [4.78, 5) is 17.0. The van der Waals surface area contributed by atoms with Crippen LogP contribution in [0.4, 0.5) is 13.2 Å². The average Bonchev–Trinajstić information content (AvgIpc) is 3.25. The van der Waals surface area contributed by atoms with Crippen molar-refractivity contribution < 1.29 is 18.0 Å². The van der Waals surface area contributed by atoms with E-state index in [1.54, 1.807) is 60.5 Å². The summed E-state index contributed by atoms with van der Waals surface area (Å²) in [6.45, 7) is 1.88. The molecule has 2 heterocycles. The van der Waals surface area contributed by atoms with Crippen molar-refractivity contribution in [2.45, 2.75) is 25.1 Å². The number of benzene rings is 2. The van der Waals surface area contributed by atoms with Crippen LogP contribution < -0.4 is 0 Å². The molecule has 0 N–H and O–H groups in total. The van der Waals surface area contributed by atoms with Gasteiger partial charge >= 0.3 is 6.18 Å². The topological polar surface area (TPSA) is 41.4 Å². The number of hydrogen-bond acceptors (Lipinski definition) is 3. The number of amides is 1. The minimum Gasteiger partial charge on any atom is -0.339 e. The summed E-state index contributed by atoms with van der Waals surface area (Å²) in [5.41, 5.74) is 0.543. The summed E-state index contributed by atoms with van der Waals surface area (Å²) >= 11 is 6.23. The van der Waals surface area contributed by atoms with E-state index < -0.39 is 11.9 Å². The van der Waals surface area contributed by atoms with Crippen molar-refractivity contribution in [1.82, 2.24) is 19.6 Å². The number of para-hydroxylation sites is 1. The van der Waals surface area contributed by atoms with Crippen molar-refractivity contribution in [3.05, 3.63) is 70.9 Å². The predicted molar refractivity (Wildman–Crippen MR) is 122 cm³/mol. The van der Waals surface area contributed by atoms with E-state index in [0.717, 1.165) is 32.0 Å². The molecule has 1 aliphatic rings. The smallest absolute Gasteiger partial charge is 0.339 e. The van der Waals surface area contributed by atoms with Crippen molar-refractivity contribution in [2.24, 2.45) is 0 Å². The highest BCUT2D eigenvalue weighted by atomic mass is 35.5. The van der Waals surface area contributed by atoms with Gasteiger partial charge < -0.3 is 9.80 Å². The zero-order chi connectivity index (χ0) is 23.8. The van der Waals surface area contributed by atoms with Gasteiger partial charge in [0.15, 0.2) is 5.69 Å².